The molecule has 0 spiro atoms. The number of aromatic nitrogens is 3. The normalized spacial score (nSPS) is 10.6. The molecule has 0 unspecified atom stereocenters. The lowest BCUT2D eigenvalue weighted by Crippen LogP contribution is -2.08. The standard InChI is InChI=1S/C13H15BrClN3O/c14-11-3-1-5-13(9-11)19-8-7-18-10-12(16-17-18)4-2-6-15/h1,3,5,9-10H,2,4,6-8H2. The van der Waals surface area contributed by atoms with Gasteiger partial charge >= 0.3 is 0 Å². The zero-order valence-corrected chi connectivity index (χ0v) is 12.8. The van der Waals surface area contributed by atoms with Gasteiger partial charge in [0.1, 0.15) is 12.4 Å². The molecule has 0 aliphatic carbocycles. The van der Waals surface area contributed by atoms with E-state index in [0.717, 1.165) is 28.8 Å². The van der Waals surface area contributed by atoms with Gasteiger partial charge in [-0.2, -0.15) is 0 Å². The lowest BCUT2D eigenvalue weighted by atomic mass is 10.3. The predicted octanol–water partition coefficient (Wildman–Crippen LogP) is 3.29. The molecule has 0 saturated heterocycles. The van der Waals surface area contributed by atoms with Crippen molar-refractivity contribution < 1.29 is 4.74 Å². The van der Waals surface area contributed by atoms with Crippen molar-refractivity contribution in [2.24, 2.45) is 0 Å². The zero-order valence-electron chi connectivity index (χ0n) is 10.4. The maximum absolute atomic E-state index is 5.64. The summed E-state index contributed by atoms with van der Waals surface area (Å²) in [5.74, 6) is 1.50. The Morgan fingerprint density at radius 2 is 2.26 bits per heavy atom. The largest absolute Gasteiger partial charge is 0.492 e. The number of alkyl halides is 1. The summed E-state index contributed by atoms with van der Waals surface area (Å²) < 4.78 is 8.44. The van der Waals surface area contributed by atoms with Gasteiger partial charge in [0.2, 0.25) is 0 Å². The highest BCUT2D eigenvalue weighted by molar-refractivity contribution is 9.10. The van der Waals surface area contributed by atoms with Crippen molar-refractivity contribution in [2.75, 3.05) is 12.5 Å². The fraction of sp³-hybridized carbons (Fsp3) is 0.385. The van der Waals surface area contributed by atoms with Crippen molar-refractivity contribution in [3.63, 3.8) is 0 Å². The minimum Gasteiger partial charge on any atom is -0.492 e. The molecule has 0 N–H and O–H groups in total. The molecule has 0 aliphatic heterocycles. The Balaban J connectivity index is 1.77. The van der Waals surface area contributed by atoms with Crippen LogP contribution in [0.15, 0.2) is 34.9 Å². The van der Waals surface area contributed by atoms with Crippen LogP contribution >= 0.6 is 27.5 Å². The van der Waals surface area contributed by atoms with Crippen molar-refractivity contribution in [1.82, 2.24) is 15.0 Å². The van der Waals surface area contributed by atoms with Gasteiger partial charge in [-0.1, -0.05) is 27.2 Å². The van der Waals surface area contributed by atoms with Gasteiger partial charge in [0, 0.05) is 16.5 Å². The Morgan fingerprint density at radius 1 is 1.37 bits per heavy atom. The molecule has 0 amide bonds. The first-order valence-corrected chi connectivity index (χ1v) is 7.44. The number of benzene rings is 1. The third kappa shape index (κ3) is 4.84. The molecule has 4 nitrogen and oxygen atoms in total. The summed E-state index contributed by atoms with van der Waals surface area (Å²) in [6.45, 7) is 1.25. The Hall–Kier alpha value is -1.07. The molecule has 19 heavy (non-hydrogen) atoms. The maximum Gasteiger partial charge on any atom is 0.120 e. The van der Waals surface area contributed by atoms with Gasteiger partial charge < -0.3 is 4.74 Å². The summed E-state index contributed by atoms with van der Waals surface area (Å²) in [6, 6.07) is 7.78. The van der Waals surface area contributed by atoms with E-state index in [2.05, 4.69) is 26.2 Å². The highest BCUT2D eigenvalue weighted by atomic mass is 79.9. The van der Waals surface area contributed by atoms with E-state index in [1.54, 1.807) is 4.68 Å². The number of aryl methyl sites for hydroxylation is 1. The summed E-state index contributed by atoms with van der Waals surface area (Å²) in [7, 11) is 0. The smallest absolute Gasteiger partial charge is 0.120 e. The average molecular weight is 345 g/mol. The molecule has 0 saturated carbocycles. The average Bonchev–Trinajstić information content (AvgIpc) is 2.84. The lowest BCUT2D eigenvalue weighted by molar-refractivity contribution is 0.289. The van der Waals surface area contributed by atoms with Crippen molar-refractivity contribution in [1.29, 1.82) is 0 Å². The minimum atomic E-state index is 0.564. The van der Waals surface area contributed by atoms with Gasteiger partial charge in [0.25, 0.3) is 0 Å². The number of halogens is 2. The molecule has 0 fully saturated rings. The molecule has 1 aromatic carbocycles. The van der Waals surface area contributed by atoms with Gasteiger partial charge in [-0.3, -0.25) is 0 Å². The number of hydrogen-bond acceptors (Lipinski definition) is 3. The Kier molecular flexibility index (Phi) is 5.66. The zero-order chi connectivity index (χ0) is 13.5. The first kappa shape index (κ1) is 14.3. The van der Waals surface area contributed by atoms with Crippen LogP contribution in [0.2, 0.25) is 0 Å². The van der Waals surface area contributed by atoms with Gasteiger partial charge in [0.15, 0.2) is 0 Å². The third-order valence-corrected chi connectivity index (χ3v) is 3.30. The fourth-order valence-electron chi connectivity index (χ4n) is 1.62. The SMILES string of the molecule is ClCCCc1cn(CCOc2cccc(Br)c2)nn1. The van der Waals surface area contributed by atoms with Crippen LogP contribution < -0.4 is 4.74 Å². The lowest BCUT2D eigenvalue weighted by Gasteiger charge is -2.05. The van der Waals surface area contributed by atoms with E-state index in [1.807, 2.05) is 30.5 Å². The molecule has 6 heteroatoms. The Morgan fingerprint density at radius 3 is 3.05 bits per heavy atom. The van der Waals surface area contributed by atoms with Crippen LogP contribution in [0, 0.1) is 0 Å². The molecular formula is C13H15BrClN3O. The highest BCUT2D eigenvalue weighted by Crippen LogP contribution is 2.17. The number of nitrogens with zero attached hydrogens (tertiary/aromatic N) is 3. The van der Waals surface area contributed by atoms with Crippen LogP contribution in [0.1, 0.15) is 12.1 Å². The summed E-state index contributed by atoms with van der Waals surface area (Å²) in [5, 5.41) is 8.14. The minimum absolute atomic E-state index is 0.564. The van der Waals surface area contributed by atoms with E-state index in [1.165, 1.54) is 0 Å². The third-order valence-electron chi connectivity index (χ3n) is 2.54. The van der Waals surface area contributed by atoms with E-state index in [9.17, 15) is 0 Å². The summed E-state index contributed by atoms with van der Waals surface area (Å²) in [5.41, 5.74) is 0.975. The van der Waals surface area contributed by atoms with Crippen LogP contribution in [0.4, 0.5) is 0 Å². The second kappa shape index (κ2) is 7.50. The monoisotopic (exact) mass is 343 g/mol. The van der Waals surface area contributed by atoms with Gasteiger partial charge in [-0.25, -0.2) is 4.68 Å². The second-order valence-electron chi connectivity index (χ2n) is 4.07. The molecule has 0 radical (unpaired) electrons. The topological polar surface area (TPSA) is 39.9 Å². The van der Waals surface area contributed by atoms with Crippen LogP contribution in [0.25, 0.3) is 0 Å². The maximum atomic E-state index is 5.64. The van der Waals surface area contributed by atoms with Crippen molar-refractivity contribution in [2.45, 2.75) is 19.4 Å². The summed E-state index contributed by atoms with van der Waals surface area (Å²) >= 11 is 9.05. The van der Waals surface area contributed by atoms with E-state index in [0.29, 0.717) is 19.0 Å². The van der Waals surface area contributed by atoms with Crippen molar-refractivity contribution in [3.05, 3.63) is 40.6 Å². The number of rotatable bonds is 7. The van der Waals surface area contributed by atoms with Crippen LogP contribution in [0.5, 0.6) is 5.75 Å². The van der Waals surface area contributed by atoms with Crippen LogP contribution in [-0.4, -0.2) is 27.5 Å². The van der Waals surface area contributed by atoms with E-state index >= 15 is 0 Å². The first-order valence-electron chi connectivity index (χ1n) is 6.11. The summed E-state index contributed by atoms with van der Waals surface area (Å²) in [6.07, 6.45) is 3.74. The molecule has 2 aromatic rings. The molecule has 0 bridgehead atoms. The molecule has 1 heterocycles. The quantitative estimate of drug-likeness (QED) is 0.724. The molecule has 0 aliphatic rings. The van der Waals surface area contributed by atoms with Gasteiger partial charge in [-0.05, 0) is 31.0 Å². The highest BCUT2D eigenvalue weighted by Gasteiger charge is 2.01. The Labute approximate surface area is 125 Å². The predicted molar refractivity (Wildman–Crippen MR) is 78.7 cm³/mol. The van der Waals surface area contributed by atoms with Gasteiger partial charge in [0.05, 0.1) is 12.2 Å². The van der Waals surface area contributed by atoms with Crippen LogP contribution in [0.3, 0.4) is 0 Å². The molecular weight excluding hydrogens is 330 g/mol. The van der Waals surface area contributed by atoms with Gasteiger partial charge in [-0.15, -0.1) is 16.7 Å². The molecule has 0 atom stereocenters. The molecule has 2 rings (SSSR count). The molecule has 102 valence electrons. The fourth-order valence-corrected chi connectivity index (χ4v) is 2.14. The number of hydrogen-bond donors (Lipinski definition) is 0. The van der Waals surface area contributed by atoms with Crippen molar-refractivity contribution >= 4 is 27.5 Å². The molecule has 1 aromatic heterocycles. The number of ether oxygens (including phenoxy) is 1. The Bertz CT molecular complexity index is 518. The summed E-state index contributed by atoms with van der Waals surface area (Å²) in [4.78, 5) is 0. The van der Waals surface area contributed by atoms with Crippen molar-refractivity contribution in [3.8, 4) is 5.75 Å². The van der Waals surface area contributed by atoms with E-state index < -0.39 is 0 Å². The van der Waals surface area contributed by atoms with E-state index in [-0.39, 0.29) is 0 Å². The second-order valence-corrected chi connectivity index (χ2v) is 5.36. The van der Waals surface area contributed by atoms with E-state index in [4.69, 9.17) is 16.3 Å². The van der Waals surface area contributed by atoms with Crippen LogP contribution in [-0.2, 0) is 13.0 Å². The first-order chi connectivity index (χ1) is 9.28.